The molecule has 0 radical (unpaired) electrons. The van der Waals surface area contributed by atoms with Gasteiger partial charge in [0.25, 0.3) is 11.8 Å². The highest BCUT2D eigenvalue weighted by molar-refractivity contribution is 5.96. The number of likely N-dealkylation sites (tertiary alicyclic amines) is 1. The SMILES string of the molecule is Cc1cccc(C)c1NC(=O)C(O)[C@@H]1CC(F)(F)CN1C(=O)OC(C)(C)C. The van der Waals surface area contributed by atoms with Gasteiger partial charge >= 0.3 is 6.09 Å². The van der Waals surface area contributed by atoms with Gasteiger partial charge in [0.1, 0.15) is 5.60 Å². The number of ether oxygens (including phenoxy) is 1. The van der Waals surface area contributed by atoms with Gasteiger partial charge in [0, 0.05) is 12.1 Å². The lowest BCUT2D eigenvalue weighted by Crippen LogP contribution is -2.49. The summed E-state index contributed by atoms with van der Waals surface area (Å²) < 4.78 is 33.0. The van der Waals surface area contributed by atoms with Crippen molar-refractivity contribution in [1.82, 2.24) is 4.90 Å². The molecule has 27 heavy (non-hydrogen) atoms. The van der Waals surface area contributed by atoms with Crippen LogP contribution in [0.3, 0.4) is 0 Å². The molecule has 2 N–H and O–H groups in total. The standard InChI is InChI=1S/C19H26F2N2O4/c1-11-7-6-8-12(2)14(11)22-16(25)15(24)13-9-19(20,21)10-23(13)17(26)27-18(3,4)5/h6-8,13,15,24H,9-10H2,1-5H3,(H,22,25)/t13-,15?/m0/s1. The van der Waals surface area contributed by atoms with Gasteiger partial charge < -0.3 is 15.2 Å². The first-order valence-corrected chi connectivity index (χ1v) is 8.73. The molecule has 0 aromatic heterocycles. The molecule has 6 nitrogen and oxygen atoms in total. The molecule has 150 valence electrons. The Bertz CT molecular complexity index is 711. The number of nitrogens with one attached hydrogen (secondary N) is 1. The molecule has 2 atom stereocenters. The summed E-state index contributed by atoms with van der Waals surface area (Å²) in [5, 5.41) is 13.0. The van der Waals surface area contributed by atoms with Gasteiger partial charge in [0.2, 0.25) is 0 Å². The Morgan fingerprint density at radius 1 is 1.30 bits per heavy atom. The maximum Gasteiger partial charge on any atom is 0.410 e. The Hall–Kier alpha value is -2.22. The number of halogens is 2. The van der Waals surface area contributed by atoms with Crippen LogP contribution in [0.1, 0.15) is 38.3 Å². The number of hydrogen-bond donors (Lipinski definition) is 2. The van der Waals surface area contributed by atoms with Gasteiger partial charge in [-0.05, 0) is 45.7 Å². The molecular formula is C19H26F2N2O4. The van der Waals surface area contributed by atoms with E-state index in [0.717, 1.165) is 16.0 Å². The monoisotopic (exact) mass is 384 g/mol. The molecule has 1 heterocycles. The van der Waals surface area contributed by atoms with Crippen LogP contribution >= 0.6 is 0 Å². The van der Waals surface area contributed by atoms with Crippen LogP contribution in [-0.4, -0.2) is 52.2 Å². The van der Waals surface area contributed by atoms with E-state index in [4.69, 9.17) is 4.74 Å². The minimum Gasteiger partial charge on any atom is -0.444 e. The van der Waals surface area contributed by atoms with Crippen LogP contribution in [0.4, 0.5) is 19.3 Å². The normalized spacial score (nSPS) is 20.3. The van der Waals surface area contributed by atoms with Crippen LogP contribution in [0.15, 0.2) is 18.2 Å². The Kier molecular flexibility index (Phi) is 5.79. The minimum atomic E-state index is -3.21. The number of benzene rings is 1. The fraction of sp³-hybridized carbons (Fsp3) is 0.579. The molecule has 1 unspecified atom stereocenters. The molecule has 1 aromatic carbocycles. The smallest absolute Gasteiger partial charge is 0.410 e. The third kappa shape index (κ3) is 5.15. The van der Waals surface area contributed by atoms with E-state index in [-0.39, 0.29) is 0 Å². The van der Waals surface area contributed by atoms with Gasteiger partial charge in [-0.3, -0.25) is 9.69 Å². The van der Waals surface area contributed by atoms with Crippen molar-refractivity contribution in [2.24, 2.45) is 0 Å². The van der Waals surface area contributed by atoms with Crippen molar-refractivity contribution in [3.05, 3.63) is 29.3 Å². The van der Waals surface area contributed by atoms with Crippen LogP contribution in [0.2, 0.25) is 0 Å². The van der Waals surface area contributed by atoms with Gasteiger partial charge in [-0.2, -0.15) is 0 Å². The van der Waals surface area contributed by atoms with E-state index in [1.807, 2.05) is 6.07 Å². The van der Waals surface area contributed by atoms with Gasteiger partial charge in [-0.15, -0.1) is 0 Å². The number of aliphatic hydroxyl groups excluding tert-OH is 1. The van der Waals surface area contributed by atoms with Crippen molar-refractivity contribution in [3.63, 3.8) is 0 Å². The number of hydrogen-bond acceptors (Lipinski definition) is 4. The molecule has 1 aliphatic heterocycles. The number of aliphatic hydroxyl groups is 1. The zero-order valence-electron chi connectivity index (χ0n) is 16.2. The molecule has 1 aliphatic rings. The van der Waals surface area contributed by atoms with E-state index >= 15 is 0 Å². The van der Waals surface area contributed by atoms with E-state index in [1.165, 1.54) is 0 Å². The predicted molar refractivity (Wildman–Crippen MR) is 96.8 cm³/mol. The molecule has 1 saturated heterocycles. The highest BCUT2D eigenvalue weighted by Gasteiger charge is 2.52. The lowest BCUT2D eigenvalue weighted by Gasteiger charge is -2.30. The maximum atomic E-state index is 13.9. The Morgan fingerprint density at radius 3 is 2.37 bits per heavy atom. The van der Waals surface area contributed by atoms with Crippen molar-refractivity contribution >= 4 is 17.7 Å². The number of rotatable bonds is 3. The second-order valence-electron chi connectivity index (χ2n) is 7.94. The molecule has 0 aliphatic carbocycles. The van der Waals surface area contributed by atoms with Crippen LogP contribution in [0.5, 0.6) is 0 Å². The molecule has 0 saturated carbocycles. The Balaban J connectivity index is 2.19. The molecule has 1 aromatic rings. The van der Waals surface area contributed by atoms with Crippen molar-refractivity contribution in [2.75, 3.05) is 11.9 Å². The Labute approximate surface area is 157 Å². The first-order chi connectivity index (χ1) is 12.3. The summed E-state index contributed by atoms with van der Waals surface area (Å²) in [7, 11) is 0. The fourth-order valence-corrected chi connectivity index (χ4v) is 3.03. The molecule has 0 bridgehead atoms. The highest BCUT2D eigenvalue weighted by Crippen LogP contribution is 2.35. The van der Waals surface area contributed by atoms with Crippen LogP contribution < -0.4 is 5.32 Å². The lowest BCUT2D eigenvalue weighted by atomic mass is 10.0. The van der Waals surface area contributed by atoms with Crippen molar-refractivity contribution in [2.45, 2.75) is 64.7 Å². The summed E-state index contributed by atoms with van der Waals surface area (Å²) >= 11 is 0. The number of aryl methyl sites for hydroxylation is 2. The quantitative estimate of drug-likeness (QED) is 0.839. The average molecular weight is 384 g/mol. The van der Waals surface area contributed by atoms with Gasteiger partial charge in [0.15, 0.2) is 6.10 Å². The van der Waals surface area contributed by atoms with Gasteiger partial charge in [-0.25, -0.2) is 13.6 Å². The second-order valence-corrected chi connectivity index (χ2v) is 7.94. The van der Waals surface area contributed by atoms with Crippen molar-refractivity contribution < 1.29 is 28.2 Å². The van der Waals surface area contributed by atoms with Gasteiger partial charge in [-0.1, -0.05) is 18.2 Å². The molecule has 8 heteroatoms. The number of alkyl halides is 2. The number of nitrogens with zero attached hydrogens (tertiary/aromatic N) is 1. The van der Waals surface area contributed by atoms with E-state index < -0.39 is 48.6 Å². The molecule has 2 amide bonds. The third-order valence-corrected chi connectivity index (χ3v) is 4.30. The number of amides is 2. The van der Waals surface area contributed by atoms with E-state index in [9.17, 15) is 23.5 Å². The summed E-state index contributed by atoms with van der Waals surface area (Å²) in [5.41, 5.74) is 1.17. The maximum absolute atomic E-state index is 13.9. The topological polar surface area (TPSA) is 78.9 Å². The van der Waals surface area contributed by atoms with E-state index in [2.05, 4.69) is 5.32 Å². The van der Waals surface area contributed by atoms with Crippen molar-refractivity contribution in [1.29, 1.82) is 0 Å². The minimum absolute atomic E-state index is 0.509. The summed E-state index contributed by atoms with van der Waals surface area (Å²) in [6.07, 6.45) is -3.61. The molecule has 1 fully saturated rings. The fourth-order valence-electron chi connectivity index (χ4n) is 3.03. The van der Waals surface area contributed by atoms with E-state index in [0.29, 0.717) is 5.69 Å². The lowest BCUT2D eigenvalue weighted by molar-refractivity contribution is -0.126. The van der Waals surface area contributed by atoms with E-state index in [1.54, 1.807) is 46.8 Å². The van der Waals surface area contributed by atoms with Gasteiger partial charge in [0.05, 0.1) is 12.6 Å². The zero-order chi connectivity index (χ0) is 20.6. The highest BCUT2D eigenvalue weighted by atomic mass is 19.3. The first kappa shape index (κ1) is 21.1. The number of anilines is 1. The van der Waals surface area contributed by atoms with Crippen LogP contribution in [-0.2, 0) is 9.53 Å². The largest absolute Gasteiger partial charge is 0.444 e. The summed E-state index contributed by atoms with van der Waals surface area (Å²) in [5.74, 6) is -4.05. The second kappa shape index (κ2) is 7.42. The predicted octanol–water partition coefficient (Wildman–Crippen LogP) is 3.25. The molecule has 2 rings (SSSR count). The summed E-state index contributed by atoms with van der Waals surface area (Å²) in [6.45, 7) is 7.49. The summed E-state index contributed by atoms with van der Waals surface area (Å²) in [6, 6.07) is 4.01. The Morgan fingerprint density at radius 2 is 1.85 bits per heavy atom. The summed E-state index contributed by atoms with van der Waals surface area (Å²) in [4.78, 5) is 25.5. The average Bonchev–Trinajstić information content (AvgIpc) is 2.84. The number of para-hydroxylation sites is 1. The molecule has 0 spiro atoms. The first-order valence-electron chi connectivity index (χ1n) is 8.73. The van der Waals surface area contributed by atoms with Crippen LogP contribution in [0.25, 0.3) is 0 Å². The zero-order valence-corrected chi connectivity index (χ0v) is 16.2. The number of carbonyl (C=O) groups excluding carboxylic acids is 2. The van der Waals surface area contributed by atoms with Crippen molar-refractivity contribution in [3.8, 4) is 0 Å². The third-order valence-electron chi connectivity index (χ3n) is 4.30. The number of carbonyl (C=O) groups is 2. The van der Waals surface area contributed by atoms with Crippen LogP contribution in [0, 0.1) is 13.8 Å². The molecular weight excluding hydrogens is 358 g/mol.